The average Bonchev–Trinajstić information content (AvgIpc) is 2.97. The third-order valence-electron chi connectivity index (χ3n) is 4.41. The van der Waals surface area contributed by atoms with Crippen LogP contribution in [0.3, 0.4) is 0 Å². The van der Waals surface area contributed by atoms with E-state index in [9.17, 15) is 0 Å². The van der Waals surface area contributed by atoms with Crippen molar-refractivity contribution in [1.29, 1.82) is 0 Å². The van der Waals surface area contributed by atoms with Gasteiger partial charge in [0.25, 0.3) is 0 Å². The lowest BCUT2D eigenvalue weighted by atomic mass is 10.0. The maximum Gasteiger partial charge on any atom is 0.147 e. The van der Waals surface area contributed by atoms with Gasteiger partial charge in [-0.1, -0.05) is 20.3 Å². The molecule has 104 valence electrons. The zero-order chi connectivity index (χ0) is 13.2. The molecule has 1 aromatic rings. The third kappa shape index (κ3) is 2.89. The monoisotopic (exact) mass is 260 g/mol. The van der Waals surface area contributed by atoms with Crippen LogP contribution in [0.2, 0.25) is 0 Å². The minimum atomic E-state index is 0.483. The number of hydrogen-bond donors (Lipinski definition) is 1. The lowest BCUT2D eigenvalue weighted by molar-refractivity contribution is 0.494. The fourth-order valence-electron chi connectivity index (χ4n) is 3.36. The Labute approximate surface area is 115 Å². The van der Waals surface area contributed by atoms with Gasteiger partial charge in [0.15, 0.2) is 0 Å². The normalized spacial score (nSPS) is 26.2. The summed E-state index contributed by atoms with van der Waals surface area (Å²) in [6.07, 6.45) is 8.02. The first-order chi connectivity index (χ1) is 9.22. The van der Waals surface area contributed by atoms with Gasteiger partial charge in [-0.3, -0.25) is 4.98 Å². The molecular formula is C15H24N4. The van der Waals surface area contributed by atoms with Gasteiger partial charge in [0.05, 0.1) is 11.9 Å². The molecule has 19 heavy (non-hydrogen) atoms. The van der Waals surface area contributed by atoms with Crippen molar-refractivity contribution in [3.8, 4) is 0 Å². The molecule has 0 aromatic carbocycles. The van der Waals surface area contributed by atoms with E-state index >= 15 is 0 Å². The lowest BCUT2D eigenvalue weighted by Gasteiger charge is -2.18. The topological polar surface area (TPSA) is 41.1 Å². The molecule has 1 saturated heterocycles. The largest absolute Gasteiger partial charge is 0.355 e. The highest BCUT2D eigenvalue weighted by Gasteiger charge is 2.36. The van der Waals surface area contributed by atoms with E-state index in [0.717, 1.165) is 29.9 Å². The van der Waals surface area contributed by atoms with Gasteiger partial charge < -0.3 is 10.2 Å². The molecule has 2 unspecified atom stereocenters. The summed E-state index contributed by atoms with van der Waals surface area (Å²) in [6.45, 7) is 7.47. The van der Waals surface area contributed by atoms with Gasteiger partial charge in [0.1, 0.15) is 5.82 Å². The molecule has 0 amide bonds. The zero-order valence-electron chi connectivity index (χ0n) is 12.0. The minimum absolute atomic E-state index is 0.483. The standard InChI is InChI=1S/C15H24N4/c1-11(2)17-7-14-6-16-8-15(18-14)19-9-12-4-3-5-13(12)10-19/h6,8,11-13,17H,3-5,7,9-10H2,1-2H3. The fourth-order valence-corrected chi connectivity index (χ4v) is 3.36. The maximum atomic E-state index is 4.75. The van der Waals surface area contributed by atoms with Crippen LogP contribution in [0.4, 0.5) is 5.82 Å². The highest BCUT2D eigenvalue weighted by Crippen LogP contribution is 2.38. The molecule has 1 N–H and O–H groups in total. The smallest absolute Gasteiger partial charge is 0.147 e. The number of hydrogen-bond acceptors (Lipinski definition) is 4. The SMILES string of the molecule is CC(C)NCc1cncc(N2CC3CCCC3C2)n1. The Balaban J connectivity index is 1.66. The molecule has 2 heterocycles. The average molecular weight is 260 g/mol. The van der Waals surface area contributed by atoms with Crippen LogP contribution in [-0.2, 0) is 6.54 Å². The van der Waals surface area contributed by atoms with E-state index in [1.807, 2.05) is 12.4 Å². The van der Waals surface area contributed by atoms with Crippen LogP contribution < -0.4 is 10.2 Å². The van der Waals surface area contributed by atoms with E-state index in [2.05, 4.69) is 29.0 Å². The van der Waals surface area contributed by atoms with E-state index in [1.165, 1.54) is 32.4 Å². The highest BCUT2D eigenvalue weighted by atomic mass is 15.2. The summed E-state index contributed by atoms with van der Waals surface area (Å²) >= 11 is 0. The number of anilines is 1. The second-order valence-electron chi connectivity index (χ2n) is 6.26. The van der Waals surface area contributed by atoms with Crippen molar-refractivity contribution in [2.24, 2.45) is 11.8 Å². The summed E-state index contributed by atoms with van der Waals surface area (Å²) in [4.78, 5) is 11.5. The van der Waals surface area contributed by atoms with Gasteiger partial charge in [-0.15, -0.1) is 0 Å². The van der Waals surface area contributed by atoms with Gasteiger partial charge in [-0.25, -0.2) is 4.98 Å². The lowest BCUT2D eigenvalue weighted by Crippen LogP contribution is -2.25. The van der Waals surface area contributed by atoms with Crippen molar-refractivity contribution in [2.75, 3.05) is 18.0 Å². The molecule has 1 aliphatic carbocycles. The highest BCUT2D eigenvalue weighted by molar-refractivity contribution is 5.38. The predicted molar refractivity (Wildman–Crippen MR) is 77.1 cm³/mol. The van der Waals surface area contributed by atoms with Crippen molar-refractivity contribution in [1.82, 2.24) is 15.3 Å². The Bertz CT molecular complexity index is 420. The van der Waals surface area contributed by atoms with Crippen LogP contribution in [0.5, 0.6) is 0 Å². The molecule has 4 heteroatoms. The van der Waals surface area contributed by atoms with Gasteiger partial charge in [-0.2, -0.15) is 0 Å². The van der Waals surface area contributed by atoms with Crippen molar-refractivity contribution in [3.05, 3.63) is 18.1 Å². The molecule has 0 bridgehead atoms. The summed E-state index contributed by atoms with van der Waals surface area (Å²) in [6, 6.07) is 0.483. The Morgan fingerprint density at radius 2 is 2.00 bits per heavy atom. The maximum absolute atomic E-state index is 4.75. The number of rotatable bonds is 4. The van der Waals surface area contributed by atoms with Crippen molar-refractivity contribution in [2.45, 2.75) is 45.7 Å². The Morgan fingerprint density at radius 3 is 2.68 bits per heavy atom. The van der Waals surface area contributed by atoms with Crippen LogP contribution >= 0.6 is 0 Å². The molecule has 0 radical (unpaired) electrons. The van der Waals surface area contributed by atoms with Crippen LogP contribution in [0.15, 0.2) is 12.4 Å². The van der Waals surface area contributed by atoms with Gasteiger partial charge in [0, 0.05) is 31.9 Å². The number of nitrogens with one attached hydrogen (secondary N) is 1. The quantitative estimate of drug-likeness (QED) is 0.901. The van der Waals surface area contributed by atoms with Crippen LogP contribution in [0.25, 0.3) is 0 Å². The van der Waals surface area contributed by atoms with Crippen LogP contribution in [0.1, 0.15) is 38.8 Å². The van der Waals surface area contributed by atoms with E-state index in [-0.39, 0.29) is 0 Å². The zero-order valence-corrected chi connectivity index (χ0v) is 12.0. The Hall–Kier alpha value is -1.16. The molecule has 2 aliphatic rings. The van der Waals surface area contributed by atoms with E-state index in [0.29, 0.717) is 6.04 Å². The van der Waals surface area contributed by atoms with Gasteiger partial charge in [0.2, 0.25) is 0 Å². The van der Waals surface area contributed by atoms with E-state index < -0.39 is 0 Å². The molecule has 2 atom stereocenters. The predicted octanol–water partition coefficient (Wildman–Crippen LogP) is 2.21. The number of aromatic nitrogens is 2. The number of fused-ring (bicyclic) bond motifs is 1. The van der Waals surface area contributed by atoms with E-state index in [4.69, 9.17) is 4.98 Å². The summed E-state index contributed by atoms with van der Waals surface area (Å²) in [7, 11) is 0. The molecular weight excluding hydrogens is 236 g/mol. The first-order valence-corrected chi connectivity index (χ1v) is 7.51. The Kier molecular flexibility index (Phi) is 3.69. The second-order valence-corrected chi connectivity index (χ2v) is 6.26. The fraction of sp³-hybridized carbons (Fsp3) is 0.733. The molecule has 0 spiro atoms. The van der Waals surface area contributed by atoms with Crippen LogP contribution in [-0.4, -0.2) is 29.1 Å². The first kappa shape index (κ1) is 12.9. The van der Waals surface area contributed by atoms with Gasteiger partial charge >= 0.3 is 0 Å². The van der Waals surface area contributed by atoms with Crippen molar-refractivity contribution < 1.29 is 0 Å². The molecule has 1 saturated carbocycles. The Morgan fingerprint density at radius 1 is 1.26 bits per heavy atom. The second kappa shape index (κ2) is 5.45. The molecule has 1 aromatic heterocycles. The van der Waals surface area contributed by atoms with E-state index in [1.54, 1.807) is 0 Å². The number of nitrogens with zero attached hydrogens (tertiary/aromatic N) is 3. The van der Waals surface area contributed by atoms with Crippen molar-refractivity contribution >= 4 is 5.82 Å². The summed E-state index contributed by atoms with van der Waals surface area (Å²) in [5.74, 6) is 2.87. The summed E-state index contributed by atoms with van der Waals surface area (Å²) in [5, 5.41) is 3.40. The molecule has 3 rings (SSSR count). The third-order valence-corrected chi connectivity index (χ3v) is 4.41. The first-order valence-electron chi connectivity index (χ1n) is 7.51. The summed E-state index contributed by atoms with van der Waals surface area (Å²) < 4.78 is 0. The van der Waals surface area contributed by atoms with Gasteiger partial charge in [-0.05, 0) is 24.7 Å². The molecule has 2 fully saturated rings. The minimum Gasteiger partial charge on any atom is -0.355 e. The molecule has 4 nitrogen and oxygen atoms in total. The molecule has 1 aliphatic heterocycles. The van der Waals surface area contributed by atoms with Crippen LogP contribution in [0, 0.1) is 11.8 Å². The van der Waals surface area contributed by atoms with Crippen molar-refractivity contribution in [3.63, 3.8) is 0 Å². The summed E-state index contributed by atoms with van der Waals surface area (Å²) in [5.41, 5.74) is 1.04.